The second kappa shape index (κ2) is 10.1. The minimum absolute atomic E-state index is 0.0677. The summed E-state index contributed by atoms with van der Waals surface area (Å²) in [6.45, 7) is 5.25. The lowest BCUT2D eigenvalue weighted by molar-refractivity contribution is -0.124. The molecule has 3 aromatic rings. The van der Waals surface area contributed by atoms with Gasteiger partial charge < -0.3 is 10.1 Å². The van der Waals surface area contributed by atoms with Gasteiger partial charge in [-0.2, -0.15) is 0 Å². The number of nitrogens with zero attached hydrogens (tertiary/aromatic N) is 1. The molecule has 9 nitrogen and oxygen atoms in total. The second-order valence-electron chi connectivity index (χ2n) is 8.83. The zero-order chi connectivity index (χ0) is 26.9. The van der Waals surface area contributed by atoms with Crippen LogP contribution in [0.25, 0.3) is 0 Å². The molecule has 0 saturated heterocycles. The Labute approximate surface area is 215 Å². The Balaban J connectivity index is 1.73. The zero-order valence-electron chi connectivity index (χ0n) is 20.9. The van der Waals surface area contributed by atoms with Crippen LogP contribution in [0.4, 0.5) is 11.4 Å². The van der Waals surface area contributed by atoms with Crippen LogP contribution in [0.1, 0.15) is 33.5 Å². The van der Waals surface area contributed by atoms with Crippen molar-refractivity contribution in [2.45, 2.75) is 38.1 Å². The van der Waals surface area contributed by atoms with Crippen LogP contribution < -0.4 is 19.7 Å². The molecule has 0 aliphatic carbocycles. The van der Waals surface area contributed by atoms with Crippen LogP contribution in [0, 0.1) is 20.8 Å². The molecule has 1 aliphatic heterocycles. The van der Waals surface area contributed by atoms with Crippen molar-refractivity contribution in [1.29, 1.82) is 0 Å². The summed E-state index contributed by atoms with van der Waals surface area (Å²) in [6.07, 6.45) is -0.579. The third kappa shape index (κ3) is 4.92. The van der Waals surface area contributed by atoms with Crippen molar-refractivity contribution in [2.24, 2.45) is 0 Å². The number of ether oxygens (including phenoxy) is 1. The molecule has 1 aliphatic rings. The van der Waals surface area contributed by atoms with E-state index in [4.69, 9.17) is 4.74 Å². The minimum Gasteiger partial charge on any atom is -0.496 e. The average Bonchev–Trinajstić information content (AvgIpc) is 2.83. The number of fused-ring (bicyclic) bond motifs is 1. The van der Waals surface area contributed by atoms with Crippen LogP contribution in [0.3, 0.4) is 0 Å². The van der Waals surface area contributed by atoms with E-state index in [1.54, 1.807) is 68.4 Å². The van der Waals surface area contributed by atoms with E-state index in [1.165, 1.54) is 13.2 Å². The fraction of sp³-hybridized carbons (Fsp3) is 0.222. The van der Waals surface area contributed by atoms with Gasteiger partial charge >= 0.3 is 0 Å². The van der Waals surface area contributed by atoms with Crippen LogP contribution in [0.5, 0.6) is 5.75 Å². The van der Waals surface area contributed by atoms with Crippen molar-refractivity contribution in [3.63, 3.8) is 0 Å². The first kappa shape index (κ1) is 25.9. The number of hydrogen-bond acceptors (Lipinski definition) is 6. The SMILES string of the molecule is COc1ccccc1C(=O)NC(=O)C[C@@H]1C(=O)Nc2ccccc2N1S(=O)(=O)c1c(C)cc(C)cc1C. The molecule has 2 N–H and O–H groups in total. The number of carbonyl (C=O) groups excluding carboxylic acids is 3. The van der Waals surface area contributed by atoms with E-state index in [0.29, 0.717) is 16.8 Å². The number of hydrogen-bond donors (Lipinski definition) is 2. The predicted octanol–water partition coefficient (Wildman–Crippen LogP) is 3.48. The lowest BCUT2D eigenvalue weighted by atomic mass is 10.1. The van der Waals surface area contributed by atoms with Crippen molar-refractivity contribution < 1.29 is 27.5 Å². The number of nitrogens with one attached hydrogen (secondary N) is 2. The minimum atomic E-state index is -4.28. The van der Waals surface area contributed by atoms with E-state index in [0.717, 1.165) is 9.87 Å². The molecule has 0 aromatic heterocycles. The van der Waals surface area contributed by atoms with Crippen molar-refractivity contribution >= 4 is 39.1 Å². The number of benzene rings is 3. The quantitative estimate of drug-likeness (QED) is 0.512. The maximum absolute atomic E-state index is 14.1. The van der Waals surface area contributed by atoms with Crippen molar-refractivity contribution in [3.05, 3.63) is 82.9 Å². The number of methoxy groups -OCH3 is 1. The van der Waals surface area contributed by atoms with E-state index in [2.05, 4.69) is 10.6 Å². The summed E-state index contributed by atoms with van der Waals surface area (Å²) in [4.78, 5) is 38.9. The largest absolute Gasteiger partial charge is 0.496 e. The Morgan fingerprint density at radius 2 is 1.62 bits per heavy atom. The molecule has 0 saturated carbocycles. The van der Waals surface area contributed by atoms with Gasteiger partial charge in [0.2, 0.25) is 11.8 Å². The fourth-order valence-electron chi connectivity index (χ4n) is 4.66. The maximum Gasteiger partial charge on any atom is 0.265 e. The van der Waals surface area contributed by atoms with Gasteiger partial charge in [-0.05, 0) is 56.2 Å². The molecule has 0 spiro atoms. The number of carbonyl (C=O) groups is 3. The van der Waals surface area contributed by atoms with Crippen molar-refractivity contribution in [3.8, 4) is 5.75 Å². The molecule has 0 radical (unpaired) electrons. The van der Waals surface area contributed by atoms with Crippen LogP contribution in [0.2, 0.25) is 0 Å². The van der Waals surface area contributed by atoms with E-state index in [-0.39, 0.29) is 21.9 Å². The average molecular weight is 522 g/mol. The molecule has 3 aromatic carbocycles. The third-order valence-corrected chi connectivity index (χ3v) is 8.22. The predicted molar refractivity (Wildman–Crippen MR) is 139 cm³/mol. The first-order chi connectivity index (χ1) is 17.5. The molecule has 0 unspecified atom stereocenters. The Kier molecular flexibility index (Phi) is 7.04. The number of anilines is 2. The van der Waals surface area contributed by atoms with Crippen LogP contribution in [-0.2, 0) is 19.6 Å². The lowest BCUT2D eigenvalue weighted by Gasteiger charge is -2.37. The monoisotopic (exact) mass is 521 g/mol. The van der Waals surface area contributed by atoms with Crippen molar-refractivity contribution in [2.75, 3.05) is 16.7 Å². The van der Waals surface area contributed by atoms with Gasteiger partial charge in [-0.1, -0.05) is 42.0 Å². The first-order valence-corrected chi connectivity index (χ1v) is 13.0. The van der Waals surface area contributed by atoms with E-state index in [9.17, 15) is 22.8 Å². The van der Waals surface area contributed by atoms with E-state index in [1.807, 2.05) is 6.92 Å². The molecule has 0 fully saturated rings. The van der Waals surface area contributed by atoms with Gasteiger partial charge in [0.15, 0.2) is 0 Å². The molecular weight excluding hydrogens is 494 g/mol. The smallest absolute Gasteiger partial charge is 0.265 e. The second-order valence-corrected chi connectivity index (χ2v) is 10.6. The standard InChI is InChI=1S/C27H27N3O6S/c1-16-13-17(2)25(18(3)14-16)37(34,35)30-21-11-7-6-10-20(21)28-27(33)22(30)15-24(31)29-26(32)19-9-5-8-12-23(19)36-4/h5-14,22H,15H2,1-4H3,(H,28,33)(H,29,31,32)/t22-/m1/s1. The Morgan fingerprint density at radius 3 is 2.30 bits per heavy atom. The summed E-state index contributed by atoms with van der Waals surface area (Å²) in [6, 6.07) is 14.9. The van der Waals surface area contributed by atoms with Crippen LogP contribution >= 0.6 is 0 Å². The van der Waals surface area contributed by atoms with Gasteiger partial charge in [0, 0.05) is 0 Å². The number of sulfonamides is 1. The molecule has 3 amide bonds. The molecule has 1 heterocycles. The summed E-state index contributed by atoms with van der Waals surface area (Å²) >= 11 is 0. The van der Waals surface area contributed by atoms with E-state index >= 15 is 0 Å². The number of aryl methyl sites for hydroxylation is 3. The molecule has 4 rings (SSSR count). The van der Waals surface area contributed by atoms with Crippen LogP contribution in [0.15, 0.2) is 65.6 Å². The summed E-state index contributed by atoms with van der Waals surface area (Å²) in [5, 5.41) is 4.93. The van der Waals surface area contributed by atoms with E-state index < -0.39 is 40.2 Å². The lowest BCUT2D eigenvalue weighted by Crippen LogP contribution is -2.53. The Bertz CT molecular complexity index is 1490. The Morgan fingerprint density at radius 1 is 1.00 bits per heavy atom. The van der Waals surface area contributed by atoms with Crippen molar-refractivity contribution in [1.82, 2.24) is 5.32 Å². The molecule has 37 heavy (non-hydrogen) atoms. The molecule has 0 bridgehead atoms. The molecule has 192 valence electrons. The van der Waals surface area contributed by atoms with Gasteiger partial charge in [0.1, 0.15) is 11.8 Å². The highest BCUT2D eigenvalue weighted by atomic mass is 32.2. The van der Waals surface area contributed by atoms with Gasteiger partial charge in [0.25, 0.3) is 15.9 Å². The highest BCUT2D eigenvalue weighted by Gasteiger charge is 2.43. The van der Waals surface area contributed by atoms with Gasteiger partial charge in [0.05, 0.1) is 35.4 Å². The number of amides is 3. The first-order valence-electron chi connectivity index (χ1n) is 11.5. The highest BCUT2D eigenvalue weighted by Crippen LogP contribution is 2.38. The fourth-order valence-corrected chi connectivity index (χ4v) is 6.71. The third-order valence-electron chi connectivity index (χ3n) is 6.09. The number of imide groups is 1. The van der Waals surface area contributed by atoms with Crippen LogP contribution in [-0.4, -0.2) is 39.3 Å². The van der Waals surface area contributed by atoms with Gasteiger partial charge in [-0.15, -0.1) is 0 Å². The van der Waals surface area contributed by atoms with Gasteiger partial charge in [-0.3, -0.25) is 24.0 Å². The summed E-state index contributed by atoms with van der Waals surface area (Å²) in [5.41, 5.74) is 2.62. The summed E-state index contributed by atoms with van der Waals surface area (Å²) in [7, 11) is -2.89. The molecule has 10 heteroatoms. The molecule has 1 atom stereocenters. The molecular formula is C27H27N3O6S. The van der Waals surface area contributed by atoms with Gasteiger partial charge in [-0.25, -0.2) is 8.42 Å². The highest BCUT2D eigenvalue weighted by molar-refractivity contribution is 7.93. The topological polar surface area (TPSA) is 122 Å². The Hall–Kier alpha value is -4.18. The normalized spacial score (nSPS) is 15.0. The summed E-state index contributed by atoms with van der Waals surface area (Å²) < 4.78 is 34.4. The summed E-state index contributed by atoms with van der Waals surface area (Å²) in [5.74, 6) is -1.94. The number of para-hydroxylation sites is 3. The number of rotatable bonds is 6. The zero-order valence-corrected chi connectivity index (χ0v) is 21.7. The maximum atomic E-state index is 14.1.